The van der Waals surface area contributed by atoms with Crippen molar-refractivity contribution in [3.63, 3.8) is 0 Å². The smallest absolute Gasteiger partial charge is 0.396 e. The molecule has 4 aromatic rings. The first kappa shape index (κ1) is 22.8. The number of nitrogens with zero attached hydrogens (tertiary/aromatic N) is 1. The van der Waals surface area contributed by atoms with Gasteiger partial charge >= 0.3 is 4.94 Å². The van der Waals surface area contributed by atoms with E-state index < -0.39 is 20.9 Å². The van der Waals surface area contributed by atoms with E-state index in [-0.39, 0.29) is 16.1 Å². The van der Waals surface area contributed by atoms with Crippen LogP contribution in [0, 0.1) is 20.8 Å². The molecular formula is C24H21NO6S2. The standard InChI is InChI=1S/C24H21NO6S2/c1-14-11-15(2)22(16(3)12-14)33(28,29)25(23(26)17-5-8-19(30-4)9-6-17)18-7-10-20-21(13-18)32-24(27)31-20/h5-13H,1-4H3. The van der Waals surface area contributed by atoms with Crippen LogP contribution in [0.5, 0.6) is 5.75 Å². The fraction of sp³-hybridized carbons (Fsp3) is 0.167. The molecule has 4 rings (SSSR count). The topological polar surface area (TPSA) is 93.9 Å². The maximum atomic E-state index is 14.0. The summed E-state index contributed by atoms with van der Waals surface area (Å²) in [7, 11) is -2.81. The number of sulfonamides is 1. The summed E-state index contributed by atoms with van der Waals surface area (Å²) in [5, 5.41) is 0. The summed E-state index contributed by atoms with van der Waals surface area (Å²) < 4.78 is 39.4. The van der Waals surface area contributed by atoms with Gasteiger partial charge in [0.25, 0.3) is 15.9 Å². The average molecular weight is 484 g/mol. The van der Waals surface area contributed by atoms with Crippen LogP contribution in [0.15, 0.2) is 68.7 Å². The van der Waals surface area contributed by atoms with E-state index in [2.05, 4.69) is 0 Å². The van der Waals surface area contributed by atoms with Crippen LogP contribution in [-0.4, -0.2) is 21.4 Å². The Labute approximate surface area is 194 Å². The summed E-state index contributed by atoms with van der Waals surface area (Å²) in [5.41, 5.74) is 2.59. The summed E-state index contributed by atoms with van der Waals surface area (Å²) in [6.45, 7) is 5.29. The minimum atomic E-state index is -4.31. The van der Waals surface area contributed by atoms with Gasteiger partial charge in [-0.25, -0.2) is 13.2 Å². The van der Waals surface area contributed by atoms with Gasteiger partial charge in [-0.2, -0.15) is 4.31 Å². The first-order valence-corrected chi connectivity index (χ1v) is 12.2. The number of aryl methyl sites for hydroxylation is 3. The summed E-state index contributed by atoms with van der Waals surface area (Å²) in [6, 6.07) is 14.1. The van der Waals surface area contributed by atoms with E-state index >= 15 is 0 Å². The third-order valence-corrected chi connectivity index (χ3v) is 7.98. The van der Waals surface area contributed by atoms with E-state index in [4.69, 9.17) is 9.15 Å². The molecule has 0 bridgehead atoms. The quantitative estimate of drug-likeness (QED) is 0.404. The molecular weight excluding hydrogens is 462 g/mol. The van der Waals surface area contributed by atoms with Gasteiger partial charge in [0.05, 0.1) is 22.4 Å². The molecule has 0 spiro atoms. The lowest BCUT2D eigenvalue weighted by Crippen LogP contribution is -2.37. The Balaban J connectivity index is 1.95. The zero-order chi connectivity index (χ0) is 23.9. The van der Waals surface area contributed by atoms with Gasteiger partial charge in [0.15, 0.2) is 0 Å². The Morgan fingerprint density at radius 2 is 1.61 bits per heavy atom. The molecule has 1 aromatic heterocycles. The van der Waals surface area contributed by atoms with Crippen LogP contribution in [-0.2, 0) is 10.0 Å². The Hall–Kier alpha value is -3.43. The number of rotatable bonds is 5. The SMILES string of the molecule is COc1ccc(C(=O)N(c2ccc3oc(=O)sc3c2)S(=O)(=O)c2c(C)cc(C)cc2C)cc1. The van der Waals surface area contributed by atoms with Crippen molar-refractivity contribution in [2.45, 2.75) is 25.7 Å². The average Bonchev–Trinajstić information content (AvgIpc) is 3.12. The summed E-state index contributed by atoms with van der Waals surface area (Å²) in [6.07, 6.45) is 0. The van der Waals surface area contributed by atoms with Crippen LogP contribution in [0.4, 0.5) is 5.69 Å². The van der Waals surface area contributed by atoms with Crippen molar-refractivity contribution in [1.29, 1.82) is 0 Å². The fourth-order valence-corrected chi connectivity index (χ4v) is 6.40. The highest BCUT2D eigenvalue weighted by Gasteiger charge is 2.34. The van der Waals surface area contributed by atoms with Crippen molar-refractivity contribution in [1.82, 2.24) is 0 Å². The highest BCUT2D eigenvalue weighted by atomic mass is 32.2. The van der Waals surface area contributed by atoms with E-state index in [0.29, 0.717) is 27.2 Å². The van der Waals surface area contributed by atoms with E-state index in [0.717, 1.165) is 21.2 Å². The van der Waals surface area contributed by atoms with Crippen molar-refractivity contribution < 1.29 is 22.4 Å². The van der Waals surface area contributed by atoms with E-state index in [1.165, 1.54) is 37.4 Å². The van der Waals surface area contributed by atoms with Crippen LogP contribution < -0.4 is 14.0 Å². The summed E-state index contributed by atoms with van der Waals surface area (Å²) in [4.78, 5) is 24.8. The van der Waals surface area contributed by atoms with Gasteiger partial charge in [0, 0.05) is 5.56 Å². The van der Waals surface area contributed by atoms with E-state index in [1.54, 1.807) is 38.1 Å². The van der Waals surface area contributed by atoms with Gasteiger partial charge in [0.2, 0.25) is 0 Å². The Kier molecular flexibility index (Phi) is 5.85. The summed E-state index contributed by atoms with van der Waals surface area (Å²) >= 11 is 0.839. The molecule has 0 saturated carbocycles. The molecule has 9 heteroatoms. The third kappa shape index (κ3) is 4.17. The van der Waals surface area contributed by atoms with Gasteiger partial charge in [-0.05, 0) is 74.4 Å². The van der Waals surface area contributed by atoms with Crippen LogP contribution in [0.3, 0.4) is 0 Å². The van der Waals surface area contributed by atoms with Crippen LogP contribution in [0.2, 0.25) is 0 Å². The predicted octanol–water partition coefficient (Wildman–Crippen LogP) is 4.82. The van der Waals surface area contributed by atoms with E-state index in [9.17, 15) is 18.0 Å². The van der Waals surface area contributed by atoms with Crippen LogP contribution in [0.1, 0.15) is 27.0 Å². The molecule has 7 nitrogen and oxygen atoms in total. The van der Waals surface area contributed by atoms with Crippen LogP contribution in [0.25, 0.3) is 10.3 Å². The summed E-state index contributed by atoms with van der Waals surface area (Å²) in [5.74, 6) is -0.192. The Morgan fingerprint density at radius 3 is 2.21 bits per heavy atom. The first-order chi connectivity index (χ1) is 15.6. The maximum absolute atomic E-state index is 14.0. The molecule has 170 valence electrons. The Morgan fingerprint density at radius 1 is 0.970 bits per heavy atom. The third-order valence-electron chi connectivity index (χ3n) is 5.17. The second kappa shape index (κ2) is 8.49. The van der Waals surface area contributed by atoms with Gasteiger partial charge < -0.3 is 9.15 Å². The van der Waals surface area contributed by atoms with Crippen molar-refractivity contribution in [2.75, 3.05) is 11.4 Å². The minimum absolute atomic E-state index is 0.0652. The molecule has 0 aliphatic rings. The number of anilines is 1. The monoisotopic (exact) mass is 483 g/mol. The fourth-order valence-electron chi connectivity index (χ4n) is 3.87. The second-order valence-electron chi connectivity index (χ2n) is 7.62. The number of carbonyl (C=O) groups is 1. The number of benzene rings is 3. The van der Waals surface area contributed by atoms with Crippen molar-refractivity contribution >= 4 is 43.2 Å². The highest BCUT2D eigenvalue weighted by molar-refractivity contribution is 7.93. The number of methoxy groups -OCH3 is 1. The zero-order valence-electron chi connectivity index (χ0n) is 18.4. The predicted molar refractivity (Wildman–Crippen MR) is 128 cm³/mol. The van der Waals surface area contributed by atoms with Gasteiger partial charge in [-0.3, -0.25) is 4.79 Å². The lowest BCUT2D eigenvalue weighted by Gasteiger charge is -2.25. The molecule has 1 amide bonds. The van der Waals surface area contributed by atoms with Gasteiger partial charge in [0.1, 0.15) is 11.3 Å². The first-order valence-electron chi connectivity index (χ1n) is 9.97. The molecule has 0 radical (unpaired) electrons. The lowest BCUT2D eigenvalue weighted by molar-refractivity contribution is 0.101. The highest BCUT2D eigenvalue weighted by Crippen LogP contribution is 2.33. The number of ether oxygens (including phenoxy) is 1. The van der Waals surface area contributed by atoms with E-state index in [1.807, 2.05) is 6.92 Å². The number of carbonyl (C=O) groups excluding carboxylic acids is 1. The molecule has 1 heterocycles. The molecule has 33 heavy (non-hydrogen) atoms. The molecule has 0 fully saturated rings. The normalized spacial score (nSPS) is 11.5. The minimum Gasteiger partial charge on any atom is -0.497 e. The van der Waals surface area contributed by atoms with Gasteiger partial charge in [-0.15, -0.1) is 0 Å². The van der Waals surface area contributed by atoms with Crippen LogP contribution >= 0.6 is 11.3 Å². The largest absolute Gasteiger partial charge is 0.497 e. The van der Waals surface area contributed by atoms with Crippen molar-refractivity contribution in [2.24, 2.45) is 0 Å². The molecule has 0 N–H and O–H groups in total. The number of hydrogen-bond donors (Lipinski definition) is 0. The number of fused-ring (bicyclic) bond motifs is 1. The van der Waals surface area contributed by atoms with Gasteiger partial charge in [-0.1, -0.05) is 29.0 Å². The van der Waals surface area contributed by atoms with Crippen molar-refractivity contribution in [3.8, 4) is 5.75 Å². The second-order valence-corrected chi connectivity index (χ2v) is 10.3. The lowest BCUT2D eigenvalue weighted by atomic mass is 10.1. The Bertz CT molecular complexity index is 1510. The number of amides is 1. The maximum Gasteiger partial charge on any atom is 0.396 e. The zero-order valence-corrected chi connectivity index (χ0v) is 20.0. The molecule has 0 unspecified atom stereocenters. The molecule has 0 aliphatic heterocycles. The van der Waals surface area contributed by atoms with Crippen molar-refractivity contribution in [3.05, 3.63) is 86.6 Å². The number of hydrogen-bond acceptors (Lipinski definition) is 7. The molecule has 0 aliphatic carbocycles. The molecule has 3 aromatic carbocycles. The molecule has 0 saturated heterocycles. The molecule has 0 atom stereocenters.